The first kappa shape index (κ1) is 11.2. The Balaban J connectivity index is 2.24. The SMILES string of the molecule is COc1cc(Oc2ccnc(C)n2)ccc1N. The van der Waals surface area contributed by atoms with E-state index in [9.17, 15) is 0 Å². The van der Waals surface area contributed by atoms with E-state index in [0.29, 0.717) is 28.9 Å². The minimum atomic E-state index is 0.490. The number of hydrogen-bond donors (Lipinski definition) is 1. The third kappa shape index (κ3) is 2.63. The van der Waals surface area contributed by atoms with Crippen LogP contribution in [0.4, 0.5) is 5.69 Å². The van der Waals surface area contributed by atoms with Crippen LogP contribution in [0.25, 0.3) is 0 Å². The summed E-state index contributed by atoms with van der Waals surface area (Å²) in [6.07, 6.45) is 1.65. The molecule has 2 aromatic rings. The van der Waals surface area contributed by atoms with Gasteiger partial charge in [-0.3, -0.25) is 0 Å². The van der Waals surface area contributed by atoms with Crippen LogP contribution in [-0.4, -0.2) is 17.1 Å². The summed E-state index contributed by atoms with van der Waals surface area (Å²) in [5, 5.41) is 0. The number of rotatable bonds is 3. The van der Waals surface area contributed by atoms with E-state index in [2.05, 4.69) is 9.97 Å². The number of ether oxygens (including phenoxy) is 2. The van der Waals surface area contributed by atoms with E-state index in [1.807, 2.05) is 0 Å². The van der Waals surface area contributed by atoms with Crippen LogP contribution in [-0.2, 0) is 0 Å². The number of nitrogens with zero attached hydrogens (tertiary/aromatic N) is 2. The standard InChI is InChI=1S/C12H13N3O2/c1-8-14-6-5-12(15-8)17-9-3-4-10(13)11(7-9)16-2/h3-7H,13H2,1-2H3. The topological polar surface area (TPSA) is 70.3 Å². The van der Waals surface area contributed by atoms with Crippen LogP contribution in [0.2, 0.25) is 0 Å². The fourth-order valence-electron chi connectivity index (χ4n) is 1.37. The molecular formula is C12H13N3O2. The van der Waals surface area contributed by atoms with Gasteiger partial charge in [0.1, 0.15) is 17.3 Å². The quantitative estimate of drug-likeness (QED) is 0.820. The van der Waals surface area contributed by atoms with E-state index >= 15 is 0 Å². The summed E-state index contributed by atoms with van der Waals surface area (Å²) >= 11 is 0. The highest BCUT2D eigenvalue weighted by Crippen LogP contribution is 2.28. The van der Waals surface area contributed by atoms with Gasteiger partial charge in [0, 0.05) is 18.3 Å². The summed E-state index contributed by atoms with van der Waals surface area (Å²) in [7, 11) is 1.56. The lowest BCUT2D eigenvalue weighted by atomic mass is 10.3. The van der Waals surface area contributed by atoms with Gasteiger partial charge in [0.15, 0.2) is 0 Å². The van der Waals surface area contributed by atoms with Crippen LogP contribution in [0.5, 0.6) is 17.4 Å². The fourth-order valence-corrected chi connectivity index (χ4v) is 1.37. The smallest absolute Gasteiger partial charge is 0.222 e. The van der Waals surface area contributed by atoms with Crippen molar-refractivity contribution in [3.8, 4) is 17.4 Å². The molecule has 0 amide bonds. The van der Waals surface area contributed by atoms with Gasteiger partial charge in [-0.05, 0) is 19.1 Å². The average Bonchev–Trinajstić information content (AvgIpc) is 2.32. The van der Waals surface area contributed by atoms with Crippen LogP contribution < -0.4 is 15.2 Å². The molecule has 17 heavy (non-hydrogen) atoms. The lowest BCUT2D eigenvalue weighted by molar-refractivity contribution is 0.409. The maximum atomic E-state index is 5.71. The molecule has 1 aromatic heterocycles. The molecule has 5 heteroatoms. The molecule has 0 aliphatic carbocycles. The van der Waals surface area contributed by atoms with Gasteiger partial charge in [-0.25, -0.2) is 4.98 Å². The highest BCUT2D eigenvalue weighted by atomic mass is 16.5. The van der Waals surface area contributed by atoms with Gasteiger partial charge < -0.3 is 15.2 Å². The van der Waals surface area contributed by atoms with Crippen molar-refractivity contribution >= 4 is 5.69 Å². The summed E-state index contributed by atoms with van der Waals surface area (Å²) in [5.41, 5.74) is 6.28. The predicted molar refractivity (Wildman–Crippen MR) is 64.2 cm³/mol. The van der Waals surface area contributed by atoms with E-state index < -0.39 is 0 Å². The van der Waals surface area contributed by atoms with Crippen LogP contribution in [0.15, 0.2) is 30.5 Å². The molecule has 0 saturated carbocycles. The lowest BCUT2D eigenvalue weighted by Gasteiger charge is -2.08. The van der Waals surface area contributed by atoms with Crippen molar-refractivity contribution in [1.29, 1.82) is 0 Å². The zero-order valence-electron chi connectivity index (χ0n) is 9.68. The molecule has 0 saturated heterocycles. The molecule has 0 unspecified atom stereocenters. The molecule has 0 spiro atoms. The van der Waals surface area contributed by atoms with Crippen molar-refractivity contribution in [2.45, 2.75) is 6.92 Å². The van der Waals surface area contributed by atoms with Gasteiger partial charge >= 0.3 is 0 Å². The van der Waals surface area contributed by atoms with Crippen LogP contribution in [0, 0.1) is 6.92 Å². The first-order chi connectivity index (χ1) is 8.19. The van der Waals surface area contributed by atoms with Gasteiger partial charge in [-0.15, -0.1) is 0 Å². The van der Waals surface area contributed by atoms with Crippen molar-refractivity contribution in [1.82, 2.24) is 9.97 Å². The Bertz CT molecular complexity index is 529. The number of aromatic nitrogens is 2. The normalized spacial score (nSPS) is 10.0. The molecule has 0 aliphatic heterocycles. The van der Waals surface area contributed by atoms with Gasteiger partial charge in [0.2, 0.25) is 5.88 Å². The van der Waals surface area contributed by atoms with Crippen molar-refractivity contribution in [3.05, 3.63) is 36.3 Å². The summed E-state index contributed by atoms with van der Waals surface area (Å²) in [4.78, 5) is 8.13. The van der Waals surface area contributed by atoms with Gasteiger partial charge in [-0.2, -0.15) is 4.98 Å². The molecule has 0 bridgehead atoms. The van der Waals surface area contributed by atoms with Crippen molar-refractivity contribution < 1.29 is 9.47 Å². The molecule has 2 rings (SSSR count). The zero-order chi connectivity index (χ0) is 12.3. The van der Waals surface area contributed by atoms with Crippen molar-refractivity contribution in [3.63, 3.8) is 0 Å². The monoisotopic (exact) mass is 231 g/mol. The van der Waals surface area contributed by atoms with Crippen LogP contribution in [0.1, 0.15) is 5.82 Å². The third-order valence-corrected chi connectivity index (χ3v) is 2.18. The number of benzene rings is 1. The van der Waals surface area contributed by atoms with Crippen LogP contribution >= 0.6 is 0 Å². The molecule has 2 N–H and O–H groups in total. The second kappa shape index (κ2) is 4.69. The lowest BCUT2D eigenvalue weighted by Crippen LogP contribution is -1.95. The average molecular weight is 231 g/mol. The van der Waals surface area contributed by atoms with Gasteiger partial charge in [0.25, 0.3) is 0 Å². The Morgan fingerprint density at radius 2 is 2.06 bits per heavy atom. The summed E-state index contributed by atoms with van der Waals surface area (Å²) in [5.74, 6) is 2.34. The highest BCUT2D eigenvalue weighted by molar-refractivity contribution is 5.55. The first-order valence-corrected chi connectivity index (χ1v) is 5.10. The Labute approximate surface area is 99.2 Å². The number of methoxy groups -OCH3 is 1. The van der Waals surface area contributed by atoms with Crippen molar-refractivity contribution in [2.75, 3.05) is 12.8 Å². The Hall–Kier alpha value is -2.30. The molecule has 0 atom stereocenters. The highest BCUT2D eigenvalue weighted by Gasteiger charge is 2.04. The summed E-state index contributed by atoms with van der Waals surface area (Å²) in [6.45, 7) is 1.80. The Morgan fingerprint density at radius 1 is 1.24 bits per heavy atom. The number of nitrogens with two attached hydrogens (primary N) is 1. The molecule has 1 heterocycles. The van der Waals surface area contributed by atoms with E-state index in [0.717, 1.165) is 0 Å². The summed E-state index contributed by atoms with van der Waals surface area (Å²) in [6, 6.07) is 6.89. The predicted octanol–water partition coefficient (Wildman–Crippen LogP) is 2.17. The van der Waals surface area contributed by atoms with Crippen LogP contribution in [0.3, 0.4) is 0 Å². The minimum Gasteiger partial charge on any atom is -0.494 e. The molecule has 0 aliphatic rings. The van der Waals surface area contributed by atoms with E-state index in [4.69, 9.17) is 15.2 Å². The minimum absolute atomic E-state index is 0.490. The molecule has 88 valence electrons. The Morgan fingerprint density at radius 3 is 2.76 bits per heavy atom. The molecular weight excluding hydrogens is 218 g/mol. The van der Waals surface area contributed by atoms with E-state index in [1.54, 1.807) is 44.5 Å². The summed E-state index contributed by atoms with van der Waals surface area (Å²) < 4.78 is 10.7. The Kier molecular flexibility index (Phi) is 3.09. The molecule has 5 nitrogen and oxygen atoms in total. The number of hydrogen-bond acceptors (Lipinski definition) is 5. The fraction of sp³-hybridized carbons (Fsp3) is 0.167. The van der Waals surface area contributed by atoms with Crippen molar-refractivity contribution in [2.24, 2.45) is 0 Å². The van der Waals surface area contributed by atoms with E-state index in [-0.39, 0.29) is 0 Å². The second-order valence-electron chi connectivity index (χ2n) is 3.45. The first-order valence-electron chi connectivity index (χ1n) is 5.10. The maximum Gasteiger partial charge on any atom is 0.222 e. The van der Waals surface area contributed by atoms with Gasteiger partial charge in [-0.1, -0.05) is 0 Å². The third-order valence-electron chi connectivity index (χ3n) is 2.18. The molecule has 0 fully saturated rings. The molecule has 1 aromatic carbocycles. The van der Waals surface area contributed by atoms with Gasteiger partial charge in [0.05, 0.1) is 12.8 Å². The largest absolute Gasteiger partial charge is 0.494 e. The maximum absolute atomic E-state index is 5.71. The number of anilines is 1. The zero-order valence-corrected chi connectivity index (χ0v) is 9.68. The number of nitrogen functional groups attached to an aromatic ring is 1. The van der Waals surface area contributed by atoms with E-state index in [1.165, 1.54) is 0 Å². The molecule has 0 radical (unpaired) electrons. The second-order valence-corrected chi connectivity index (χ2v) is 3.45. The number of aryl methyl sites for hydroxylation is 1.